The Morgan fingerprint density at radius 1 is 0.923 bits per heavy atom. The van der Waals surface area contributed by atoms with E-state index < -0.39 is 12.1 Å². The Morgan fingerprint density at radius 2 is 1.42 bits per heavy atom. The van der Waals surface area contributed by atoms with E-state index in [9.17, 15) is 9.18 Å². The molecule has 0 aliphatic carbocycles. The highest BCUT2D eigenvalue weighted by Crippen LogP contribution is 2.29. The van der Waals surface area contributed by atoms with Crippen molar-refractivity contribution in [1.29, 1.82) is 0 Å². The molecule has 0 amide bonds. The van der Waals surface area contributed by atoms with E-state index in [1.54, 1.807) is 0 Å². The van der Waals surface area contributed by atoms with Gasteiger partial charge < -0.3 is 10.0 Å². The van der Waals surface area contributed by atoms with Crippen LogP contribution >= 0.6 is 0 Å². The molecule has 0 saturated carbocycles. The maximum atomic E-state index is 13.3. The molecule has 1 fully saturated rings. The fraction of sp³-hybridized carbons (Fsp3) is 0.381. The monoisotopic (exact) mass is 356 g/mol. The topological polar surface area (TPSA) is 43.8 Å². The SMILES string of the molecule is O=C(O)C(F)CCN1CCN(C(c2ccccc2)c2ccccc2)CC1. The van der Waals surface area contributed by atoms with Crippen LogP contribution in [0.1, 0.15) is 23.6 Å². The lowest BCUT2D eigenvalue weighted by Gasteiger charge is -2.39. The molecule has 1 N–H and O–H groups in total. The minimum atomic E-state index is -1.77. The van der Waals surface area contributed by atoms with Gasteiger partial charge in [0.2, 0.25) is 0 Å². The van der Waals surface area contributed by atoms with Gasteiger partial charge in [-0.05, 0) is 11.1 Å². The summed E-state index contributed by atoms with van der Waals surface area (Å²) in [5.74, 6) is -1.36. The van der Waals surface area contributed by atoms with Crippen LogP contribution in [0.4, 0.5) is 4.39 Å². The third-order valence-electron chi connectivity index (χ3n) is 4.97. The van der Waals surface area contributed by atoms with Gasteiger partial charge in [0.15, 0.2) is 6.17 Å². The molecule has 5 heteroatoms. The van der Waals surface area contributed by atoms with Crippen LogP contribution in [0.25, 0.3) is 0 Å². The van der Waals surface area contributed by atoms with Gasteiger partial charge in [0, 0.05) is 39.1 Å². The van der Waals surface area contributed by atoms with Gasteiger partial charge in [-0.25, -0.2) is 9.18 Å². The van der Waals surface area contributed by atoms with Gasteiger partial charge in [0.25, 0.3) is 0 Å². The van der Waals surface area contributed by atoms with Crippen molar-refractivity contribution in [2.45, 2.75) is 18.6 Å². The number of alkyl halides is 1. The van der Waals surface area contributed by atoms with Crippen molar-refractivity contribution in [3.8, 4) is 0 Å². The van der Waals surface area contributed by atoms with Crippen molar-refractivity contribution in [2.24, 2.45) is 0 Å². The summed E-state index contributed by atoms with van der Waals surface area (Å²) in [7, 11) is 0. The molecular weight excluding hydrogens is 331 g/mol. The third kappa shape index (κ3) is 4.68. The van der Waals surface area contributed by atoms with Crippen molar-refractivity contribution < 1.29 is 14.3 Å². The van der Waals surface area contributed by atoms with Crippen LogP contribution in [0, 0.1) is 0 Å². The molecule has 1 unspecified atom stereocenters. The number of rotatable bonds is 7. The molecule has 4 nitrogen and oxygen atoms in total. The molecule has 1 heterocycles. The minimum absolute atomic E-state index is 0.0517. The molecule has 138 valence electrons. The van der Waals surface area contributed by atoms with E-state index >= 15 is 0 Å². The Labute approximate surface area is 153 Å². The number of aliphatic carboxylic acids is 1. The summed E-state index contributed by atoms with van der Waals surface area (Å²) < 4.78 is 13.3. The largest absolute Gasteiger partial charge is 0.479 e. The van der Waals surface area contributed by atoms with E-state index in [0.717, 1.165) is 26.2 Å². The van der Waals surface area contributed by atoms with E-state index in [2.05, 4.69) is 58.3 Å². The summed E-state index contributed by atoms with van der Waals surface area (Å²) in [4.78, 5) is 15.2. The zero-order chi connectivity index (χ0) is 18.4. The first-order chi connectivity index (χ1) is 12.6. The summed E-state index contributed by atoms with van der Waals surface area (Å²) in [5, 5.41) is 8.68. The average molecular weight is 356 g/mol. The number of benzene rings is 2. The molecule has 0 aromatic heterocycles. The van der Waals surface area contributed by atoms with Crippen LogP contribution in [0.2, 0.25) is 0 Å². The molecule has 2 aromatic carbocycles. The highest BCUT2D eigenvalue weighted by atomic mass is 19.1. The van der Waals surface area contributed by atoms with Crippen LogP contribution in [0.15, 0.2) is 60.7 Å². The van der Waals surface area contributed by atoms with Crippen molar-refractivity contribution in [3.63, 3.8) is 0 Å². The van der Waals surface area contributed by atoms with Crippen molar-refractivity contribution in [2.75, 3.05) is 32.7 Å². The second kappa shape index (κ2) is 8.92. The zero-order valence-corrected chi connectivity index (χ0v) is 14.8. The normalized spacial score (nSPS) is 17.3. The molecule has 1 atom stereocenters. The van der Waals surface area contributed by atoms with E-state index in [4.69, 9.17) is 5.11 Å². The number of carboxylic acid groups (broad SMARTS) is 1. The fourth-order valence-corrected chi connectivity index (χ4v) is 3.55. The molecule has 3 rings (SSSR count). The second-order valence-electron chi connectivity index (χ2n) is 6.70. The van der Waals surface area contributed by atoms with Gasteiger partial charge >= 0.3 is 5.97 Å². The number of piperazine rings is 1. The lowest BCUT2D eigenvalue weighted by atomic mass is 9.96. The number of hydrogen-bond acceptors (Lipinski definition) is 3. The van der Waals surface area contributed by atoms with E-state index in [1.165, 1.54) is 11.1 Å². The first-order valence-corrected chi connectivity index (χ1v) is 9.08. The molecule has 1 aliphatic heterocycles. The van der Waals surface area contributed by atoms with E-state index in [1.807, 2.05) is 12.1 Å². The molecule has 26 heavy (non-hydrogen) atoms. The fourth-order valence-electron chi connectivity index (χ4n) is 3.55. The predicted molar refractivity (Wildman–Crippen MR) is 99.9 cm³/mol. The first kappa shape index (κ1) is 18.5. The smallest absolute Gasteiger partial charge is 0.338 e. The van der Waals surface area contributed by atoms with Gasteiger partial charge in [0.05, 0.1) is 6.04 Å². The maximum Gasteiger partial charge on any atom is 0.338 e. The molecule has 1 saturated heterocycles. The standard InChI is InChI=1S/C21H25FN2O2/c22-19(21(25)26)11-12-23-13-15-24(16-14-23)20(17-7-3-1-4-8-17)18-9-5-2-6-10-18/h1-10,19-20H,11-16H2,(H,25,26). The number of halogens is 1. The molecule has 0 bridgehead atoms. The maximum absolute atomic E-state index is 13.3. The average Bonchev–Trinajstić information content (AvgIpc) is 2.69. The Hall–Kier alpha value is -2.24. The van der Waals surface area contributed by atoms with Gasteiger partial charge in [-0.1, -0.05) is 60.7 Å². The first-order valence-electron chi connectivity index (χ1n) is 9.08. The lowest BCUT2D eigenvalue weighted by molar-refractivity contribution is -0.143. The molecule has 0 radical (unpaired) electrons. The van der Waals surface area contributed by atoms with Crippen LogP contribution in [0.3, 0.4) is 0 Å². The van der Waals surface area contributed by atoms with Gasteiger partial charge in [-0.15, -0.1) is 0 Å². The third-order valence-corrected chi connectivity index (χ3v) is 4.97. The molecule has 2 aromatic rings. The van der Waals surface area contributed by atoms with Crippen molar-refractivity contribution in [1.82, 2.24) is 9.80 Å². The second-order valence-corrected chi connectivity index (χ2v) is 6.70. The minimum Gasteiger partial charge on any atom is -0.479 e. The Balaban J connectivity index is 1.66. The number of hydrogen-bond donors (Lipinski definition) is 1. The Kier molecular flexibility index (Phi) is 6.36. The summed E-state index contributed by atoms with van der Waals surface area (Å²) >= 11 is 0. The van der Waals surface area contributed by atoms with Crippen molar-refractivity contribution >= 4 is 5.97 Å². The van der Waals surface area contributed by atoms with Crippen LogP contribution in [-0.4, -0.2) is 59.8 Å². The van der Waals surface area contributed by atoms with Crippen LogP contribution < -0.4 is 0 Å². The summed E-state index contributed by atoms with van der Waals surface area (Å²) in [6.45, 7) is 3.88. The predicted octanol–water partition coefficient (Wildman–Crippen LogP) is 3.21. The summed E-state index contributed by atoms with van der Waals surface area (Å²) in [5.41, 5.74) is 2.53. The lowest BCUT2D eigenvalue weighted by Crippen LogP contribution is -2.48. The Bertz CT molecular complexity index is 648. The molecular formula is C21H25FN2O2. The van der Waals surface area contributed by atoms with Gasteiger partial charge in [-0.3, -0.25) is 4.90 Å². The Morgan fingerprint density at radius 3 is 1.88 bits per heavy atom. The molecule has 0 spiro atoms. The van der Waals surface area contributed by atoms with Gasteiger partial charge in [-0.2, -0.15) is 0 Å². The van der Waals surface area contributed by atoms with Crippen LogP contribution in [0.5, 0.6) is 0 Å². The van der Waals surface area contributed by atoms with Gasteiger partial charge in [0.1, 0.15) is 0 Å². The number of nitrogens with zero attached hydrogens (tertiary/aromatic N) is 2. The number of carbonyl (C=O) groups is 1. The van der Waals surface area contributed by atoms with Crippen LogP contribution in [-0.2, 0) is 4.79 Å². The highest BCUT2D eigenvalue weighted by Gasteiger charge is 2.27. The quantitative estimate of drug-likeness (QED) is 0.827. The highest BCUT2D eigenvalue weighted by molar-refractivity contribution is 5.71. The zero-order valence-electron chi connectivity index (χ0n) is 14.8. The van der Waals surface area contributed by atoms with E-state index in [0.29, 0.717) is 6.54 Å². The van der Waals surface area contributed by atoms with E-state index in [-0.39, 0.29) is 12.5 Å². The number of carboxylic acids is 1. The summed E-state index contributed by atoms with van der Waals surface area (Å²) in [6, 6.07) is 21.1. The molecule has 1 aliphatic rings. The summed E-state index contributed by atoms with van der Waals surface area (Å²) in [6.07, 6.45) is -1.72. The van der Waals surface area contributed by atoms with Crippen molar-refractivity contribution in [3.05, 3.63) is 71.8 Å².